The number of carbonyl (C=O) groups excluding carboxylic acids is 1. The quantitative estimate of drug-likeness (QED) is 0.233. The molecular formula is C16H8F5NO4. The molecule has 0 aliphatic carbocycles. The van der Waals surface area contributed by atoms with Crippen molar-refractivity contribution in [3.63, 3.8) is 0 Å². The zero-order valence-electron chi connectivity index (χ0n) is 12.9. The van der Waals surface area contributed by atoms with E-state index in [1.807, 2.05) is 0 Å². The summed E-state index contributed by atoms with van der Waals surface area (Å²) < 4.78 is 76.4. The van der Waals surface area contributed by atoms with Gasteiger partial charge in [-0.15, -0.1) is 0 Å². The van der Waals surface area contributed by atoms with Gasteiger partial charge in [0.15, 0.2) is 5.58 Å². The number of rotatable bonds is 3. The van der Waals surface area contributed by atoms with Crippen LogP contribution < -0.4 is 10.5 Å². The number of fused-ring (bicyclic) bond motifs is 1. The monoisotopic (exact) mass is 373 g/mol. The summed E-state index contributed by atoms with van der Waals surface area (Å²) in [5, 5.41) is 0. The first-order chi connectivity index (χ1) is 12.2. The van der Waals surface area contributed by atoms with Crippen molar-refractivity contribution in [2.75, 3.05) is 0 Å². The summed E-state index contributed by atoms with van der Waals surface area (Å²) in [5.74, 6) is -15.6. The third kappa shape index (κ3) is 2.72. The third-order valence-corrected chi connectivity index (χ3v) is 3.56. The molecule has 0 radical (unpaired) electrons. The predicted octanol–water partition coefficient (Wildman–Crippen LogP) is 3.20. The van der Waals surface area contributed by atoms with Gasteiger partial charge in [-0.05, 0) is 18.6 Å². The molecule has 0 saturated carbocycles. The first-order valence-electron chi connectivity index (χ1n) is 7.03. The minimum absolute atomic E-state index is 0.152. The van der Waals surface area contributed by atoms with Crippen molar-refractivity contribution in [3.05, 3.63) is 63.4 Å². The Hall–Kier alpha value is -3.17. The van der Waals surface area contributed by atoms with Crippen LogP contribution in [0, 0.1) is 36.0 Å². The Morgan fingerprint density at radius 1 is 1.04 bits per heavy atom. The van der Waals surface area contributed by atoms with Crippen molar-refractivity contribution in [2.45, 2.75) is 13.5 Å². The molecule has 136 valence electrons. The van der Waals surface area contributed by atoms with Crippen LogP contribution in [-0.4, -0.2) is 10.5 Å². The molecule has 0 atom stereocenters. The number of ether oxygens (including phenoxy) is 1. The predicted molar refractivity (Wildman–Crippen MR) is 77.1 cm³/mol. The zero-order valence-corrected chi connectivity index (χ0v) is 12.9. The second-order valence-corrected chi connectivity index (χ2v) is 5.25. The largest absolute Gasteiger partial charge is 0.420 e. The smallest absolute Gasteiger partial charge is 0.419 e. The van der Waals surface area contributed by atoms with E-state index in [1.54, 1.807) is 19.1 Å². The van der Waals surface area contributed by atoms with Gasteiger partial charge in [0, 0.05) is 0 Å². The second-order valence-electron chi connectivity index (χ2n) is 5.25. The zero-order chi connectivity index (χ0) is 19.2. The van der Waals surface area contributed by atoms with Gasteiger partial charge in [-0.25, -0.2) is 22.8 Å². The van der Waals surface area contributed by atoms with Crippen LogP contribution in [0.15, 0.2) is 27.4 Å². The summed E-state index contributed by atoms with van der Waals surface area (Å²) in [5.41, 5.74) is 0.934. The van der Waals surface area contributed by atoms with Gasteiger partial charge in [-0.3, -0.25) is 4.57 Å². The van der Waals surface area contributed by atoms with Crippen molar-refractivity contribution >= 4 is 17.1 Å². The highest BCUT2D eigenvalue weighted by Crippen LogP contribution is 2.29. The topological polar surface area (TPSA) is 61.4 Å². The van der Waals surface area contributed by atoms with Gasteiger partial charge in [0.25, 0.3) is 0 Å². The van der Waals surface area contributed by atoms with E-state index in [0.717, 1.165) is 4.57 Å². The van der Waals surface area contributed by atoms with Crippen molar-refractivity contribution in [2.24, 2.45) is 0 Å². The first kappa shape index (κ1) is 17.6. The SMILES string of the molecule is Cc1cccc2oc(=O)n(CC(=O)Oc3c(F)c(F)c(F)c(F)c3F)c12. The number of carbonyl (C=O) groups is 1. The number of aromatic nitrogens is 1. The number of nitrogens with zero attached hydrogens (tertiary/aromatic N) is 1. The summed E-state index contributed by atoms with van der Waals surface area (Å²) in [4.78, 5) is 23.7. The molecule has 0 unspecified atom stereocenters. The van der Waals surface area contributed by atoms with Crippen LogP contribution in [0.3, 0.4) is 0 Å². The number of esters is 1. The van der Waals surface area contributed by atoms with Gasteiger partial charge in [0.1, 0.15) is 6.54 Å². The molecule has 0 N–H and O–H groups in total. The highest BCUT2D eigenvalue weighted by molar-refractivity contribution is 5.80. The molecule has 1 heterocycles. The number of halogens is 5. The molecule has 0 aliphatic rings. The summed E-state index contributed by atoms with van der Waals surface area (Å²) >= 11 is 0. The van der Waals surface area contributed by atoms with Crippen LogP contribution in [-0.2, 0) is 11.3 Å². The molecule has 10 heteroatoms. The van der Waals surface area contributed by atoms with Crippen molar-refractivity contribution < 1.29 is 35.9 Å². The lowest BCUT2D eigenvalue weighted by atomic mass is 10.2. The Labute approximate surface area is 141 Å². The van der Waals surface area contributed by atoms with Crippen LogP contribution in [0.2, 0.25) is 0 Å². The molecule has 0 spiro atoms. The Kier molecular flexibility index (Phi) is 4.26. The fourth-order valence-corrected chi connectivity index (χ4v) is 2.39. The molecule has 0 fully saturated rings. The highest BCUT2D eigenvalue weighted by Gasteiger charge is 2.29. The van der Waals surface area contributed by atoms with E-state index in [1.165, 1.54) is 6.07 Å². The van der Waals surface area contributed by atoms with E-state index in [9.17, 15) is 31.5 Å². The molecule has 3 aromatic rings. The van der Waals surface area contributed by atoms with Crippen molar-refractivity contribution in [1.82, 2.24) is 4.57 Å². The lowest BCUT2D eigenvalue weighted by Gasteiger charge is -2.09. The molecule has 5 nitrogen and oxygen atoms in total. The van der Waals surface area contributed by atoms with Crippen LogP contribution in [0.1, 0.15) is 5.56 Å². The third-order valence-electron chi connectivity index (χ3n) is 3.56. The maximum Gasteiger partial charge on any atom is 0.420 e. The maximum atomic E-state index is 13.6. The minimum atomic E-state index is -2.38. The standard InChI is InChI=1S/C16H8F5NO4/c1-6-3-2-4-7-14(6)22(16(24)25-7)5-8(23)26-15-12(20)10(18)9(17)11(19)13(15)21/h2-4H,5H2,1H3. The van der Waals surface area contributed by atoms with Crippen molar-refractivity contribution in [3.8, 4) is 5.75 Å². The Bertz CT molecular complexity index is 1070. The van der Waals surface area contributed by atoms with E-state index >= 15 is 0 Å². The second kappa shape index (κ2) is 6.28. The van der Waals surface area contributed by atoms with E-state index in [4.69, 9.17) is 4.42 Å². The molecule has 3 rings (SSSR count). The van der Waals surface area contributed by atoms with Gasteiger partial charge in [-0.1, -0.05) is 12.1 Å². The maximum absolute atomic E-state index is 13.6. The number of aryl methyl sites for hydroxylation is 1. The molecule has 0 saturated heterocycles. The molecule has 0 amide bonds. The van der Waals surface area contributed by atoms with E-state index in [2.05, 4.69) is 4.74 Å². The van der Waals surface area contributed by atoms with Gasteiger partial charge in [0.2, 0.25) is 34.8 Å². The fraction of sp³-hybridized carbons (Fsp3) is 0.125. The average molecular weight is 373 g/mol. The van der Waals surface area contributed by atoms with Crippen LogP contribution in [0.25, 0.3) is 11.1 Å². The number of oxazole rings is 1. The van der Waals surface area contributed by atoms with Crippen LogP contribution in [0.4, 0.5) is 22.0 Å². The Morgan fingerprint density at radius 3 is 2.23 bits per heavy atom. The molecule has 1 aromatic heterocycles. The van der Waals surface area contributed by atoms with Gasteiger partial charge in [0.05, 0.1) is 5.52 Å². The van der Waals surface area contributed by atoms with E-state index in [-0.39, 0.29) is 11.1 Å². The Morgan fingerprint density at radius 2 is 1.62 bits per heavy atom. The molecular weight excluding hydrogens is 365 g/mol. The lowest BCUT2D eigenvalue weighted by Crippen LogP contribution is -2.24. The minimum Gasteiger partial charge on any atom is -0.419 e. The van der Waals surface area contributed by atoms with Crippen molar-refractivity contribution in [1.29, 1.82) is 0 Å². The summed E-state index contributed by atoms with van der Waals surface area (Å²) in [6, 6.07) is 4.66. The van der Waals surface area contributed by atoms with Gasteiger partial charge in [-0.2, -0.15) is 8.78 Å². The summed E-state index contributed by atoms with van der Waals surface area (Å²) in [6.45, 7) is 0.749. The molecule has 0 bridgehead atoms. The summed E-state index contributed by atoms with van der Waals surface area (Å²) in [7, 11) is 0. The average Bonchev–Trinajstić information content (AvgIpc) is 2.92. The summed E-state index contributed by atoms with van der Waals surface area (Å²) in [6.07, 6.45) is 0. The molecule has 26 heavy (non-hydrogen) atoms. The highest BCUT2D eigenvalue weighted by atomic mass is 19.2. The van der Waals surface area contributed by atoms with E-state index < -0.39 is 53.1 Å². The van der Waals surface area contributed by atoms with Gasteiger partial charge < -0.3 is 9.15 Å². The number of para-hydroxylation sites is 1. The number of hydrogen-bond donors (Lipinski definition) is 0. The van der Waals surface area contributed by atoms with Gasteiger partial charge >= 0.3 is 11.7 Å². The Balaban J connectivity index is 1.97. The van der Waals surface area contributed by atoms with E-state index in [0.29, 0.717) is 5.56 Å². The number of benzene rings is 2. The normalized spacial score (nSPS) is 11.2. The first-order valence-corrected chi connectivity index (χ1v) is 7.03. The fourth-order valence-electron chi connectivity index (χ4n) is 2.39. The van der Waals surface area contributed by atoms with Crippen LogP contribution >= 0.6 is 0 Å². The molecule has 2 aromatic carbocycles. The number of hydrogen-bond acceptors (Lipinski definition) is 4. The molecule has 0 aliphatic heterocycles. The lowest BCUT2D eigenvalue weighted by molar-refractivity contribution is -0.135. The van der Waals surface area contributed by atoms with Crippen LogP contribution in [0.5, 0.6) is 5.75 Å².